The van der Waals surface area contributed by atoms with Crippen molar-refractivity contribution < 1.29 is 4.79 Å². The number of aromatic nitrogens is 2. The third kappa shape index (κ3) is 3.46. The highest BCUT2D eigenvalue weighted by Gasteiger charge is 2.10. The predicted octanol–water partition coefficient (Wildman–Crippen LogP) is 3.28. The Hall–Kier alpha value is -1.65. The number of hydrogen-bond acceptors (Lipinski definition) is 3. The van der Waals surface area contributed by atoms with E-state index >= 15 is 0 Å². The van der Waals surface area contributed by atoms with Gasteiger partial charge in [-0.1, -0.05) is 36.2 Å². The van der Waals surface area contributed by atoms with Crippen LogP contribution in [-0.2, 0) is 13.0 Å². The maximum atomic E-state index is 12.0. The third-order valence-electron chi connectivity index (χ3n) is 2.84. The van der Waals surface area contributed by atoms with E-state index in [-0.39, 0.29) is 16.1 Å². The number of amides is 1. The molecule has 2 aromatic heterocycles. The van der Waals surface area contributed by atoms with Crippen molar-refractivity contribution in [3.63, 3.8) is 0 Å². The van der Waals surface area contributed by atoms with E-state index in [0.29, 0.717) is 12.1 Å². The van der Waals surface area contributed by atoms with Crippen LogP contribution in [0.2, 0.25) is 10.2 Å². The number of rotatable bonds is 4. The molecule has 0 saturated heterocycles. The van der Waals surface area contributed by atoms with Crippen LogP contribution in [0.4, 0.5) is 0 Å². The van der Waals surface area contributed by atoms with Crippen molar-refractivity contribution in [2.75, 3.05) is 0 Å². The highest BCUT2D eigenvalue weighted by Crippen LogP contribution is 2.19. The minimum atomic E-state index is -0.260. The Bertz CT molecular complexity index is 632. The number of nitrogens with zero attached hydrogens (tertiary/aromatic N) is 2. The zero-order valence-electron chi connectivity index (χ0n) is 10.9. The number of pyridine rings is 2. The Labute approximate surface area is 127 Å². The Kier molecular flexibility index (Phi) is 4.93. The lowest BCUT2D eigenvalue weighted by Crippen LogP contribution is -2.24. The number of nitrogens with one attached hydrogen (secondary N) is 1. The van der Waals surface area contributed by atoms with Crippen LogP contribution in [0.15, 0.2) is 30.6 Å². The number of carbonyl (C=O) groups excluding carboxylic acids is 1. The summed E-state index contributed by atoms with van der Waals surface area (Å²) in [5.41, 5.74) is 2.34. The van der Waals surface area contributed by atoms with Gasteiger partial charge in [-0.25, -0.2) is 4.98 Å². The Balaban J connectivity index is 2.06. The van der Waals surface area contributed by atoms with Crippen LogP contribution in [0.3, 0.4) is 0 Å². The topological polar surface area (TPSA) is 54.9 Å². The van der Waals surface area contributed by atoms with Gasteiger partial charge in [0.15, 0.2) is 0 Å². The average Bonchev–Trinajstić information content (AvgIpc) is 2.47. The van der Waals surface area contributed by atoms with Gasteiger partial charge in [0, 0.05) is 12.4 Å². The third-order valence-corrected chi connectivity index (χ3v) is 3.53. The summed E-state index contributed by atoms with van der Waals surface area (Å²) >= 11 is 11.5. The van der Waals surface area contributed by atoms with E-state index in [2.05, 4.69) is 15.3 Å². The lowest BCUT2D eigenvalue weighted by Gasteiger charge is -2.08. The van der Waals surface area contributed by atoms with Gasteiger partial charge in [0.1, 0.15) is 5.15 Å². The summed E-state index contributed by atoms with van der Waals surface area (Å²) < 4.78 is 0. The molecular formula is C14H13Cl2N3O. The largest absolute Gasteiger partial charge is 0.346 e. The second-order valence-corrected chi connectivity index (χ2v) is 4.91. The van der Waals surface area contributed by atoms with Crippen LogP contribution in [0.5, 0.6) is 0 Å². The molecule has 0 unspecified atom stereocenters. The molecule has 4 nitrogen and oxygen atoms in total. The summed E-state index contributed by atoms with van der Waals surface area (Å²) in [5.74, 6) is -0.260. The average molecular weight is 310 g/mol. The number of halogens is 2. The predicted molar refractivity (Wildman–Crippen MR) is 79.0 cm³/mol. The van der Waals surface area contributed by atoms with Gasteiger partial charge in [-0.15, -0.1) is 0 Å². The van der Waals surface area contributed by atoms with Crippen molar-refractivity contribution in [1.29, 1.82) is 0 Å². The molecule has 2 aromatic rings. The molecule has 1 N–H and O–H groups in total. The van der Waals surface area contributed by atoms with Gasteiger partial charge in [-0.05, 0) is 24.1 Å². The maximum Gasteiger partial charge on any atom is 0.253 e. The van der Waals surface area contributed by atoms with E-state index in [4.69, 9.17) is 23.2 Å². The number of aryl methyl sites for hydroxylation is 1. The molecular weight excluding hydrogens is 297 g/mol. The normalized spacial score (nSPS) is 10.3. The molecule has 2 heterocycles. The highest BCUT2D eigenvalue weighted by molar-refractivity contribution is 6.41. The first-order valence-corrected chi connectivity index (χ1v) is 6.89. The monoisotopic (exact) mass is 309 g/mol. The van der Waals surface area contributed by atoms with Crippen molar-refractivity contribution in [3.05, 3.63) is 57.6 Å². The molecule has 0 saturated carbocycles. The van der Waals surface area contributed by atoms with Crippen molar-refractivity contribution >= 4 is 29.1 Å². The van der Waals surface area contributed by atoms with Crippen LogP contribution in [0.25, 0.3) is 0 Å². The van der Waals surface area contributed by atoms with E-state index in [1.54, 1.807) is 6.20 Å². The fraction of sp³-hybridized carbons (Fsp3) is 0.214. The molecule has 0 spiro atoms. The van der Waals surface area contributed by atoms with Crippen molar-refractivity contribution in [1.82, 2.24) is 15.3 Å². The Morgan fingerprint density at radius 2 is 2.15 bits per heavy atom. The van der Waals surface area contributed by atoms with Crippen LogP contribution in [0.1, 0.15) is 28.5 Å². The van der Waals surface area contributed by atoms with E-state index in [1.807, 2.05) is 19.1 Å². The van der Waals surface area contributed by atoms with Crippen LogP contribution < -0.4 is 5.32 Å². The molecule has 0 bridgehead atoms. The second-order valence-electron chi connectivity index (χ2n) is 4.14. The van der Waals surface area contributed by atoms with E-state index < -0.39 is 0 Å². The quantitative estimate of drug-likeness (QED) is 0.882. The summed E-state index contributed by atoms with van der Waals surface area (Å²) in [6, 6.07) is 5.37. The fourth-order valence-electron chi connectivity index (χ4n) is 1.76. The minimum Gasteiger partial charge on any atom is -0.346 e. The van der Waals surface area contributed by atoms with E-state index in [0.717, 1.165) is 17.7 Å². The lowest BCUT2D eigenvalue weighted by atomic mass is 10.1. The molecule has 0 fully saturated rings. The SMILES string of the molecule is CCc1cccnc1CNC(=O)c1cnc(Cl)c(Cl)c1. The van der Waals surface area contributed by atoms with Gasteiger partial charge in [0.05, 0.1) is 22.8 Å². The highest BCUT2D eigenvalue weighted by atomic mass is 35.5. The smallest absolute Gasteiger partial charge is 0.253 e. The van der Waals surface area contributed by atoms with Crippen molar-refractivity contribution in [2.24, 2.45) is 0 Å². The summed E-state index contributed by atoms with van der Waals surface area (Å²) in [6.07, 6.45) is 3.97. The van der Waals surface area contributed by atoms with Crippen LogP contribution >= 0.6 is 23.2 Å². The second kappa shape index (κ2) is 6.68. The molecule has 6 heteroatoms. The minimum absolute atomic E-state index is 0.182. The zero-order valence-corrected chi connectivity index (χ0v) is 12.4. The molecule has 0 atom stereocenters. The van der Waals surface area contributed by atoms with Gasteiger partial charge in [-0.2, -0.15) is 0 Å². The molecule has 0 radical (unpaired) electrons. The molecule has 104 valence electrons. The molecule has 1 amide bonds. The fourth-order valence-corrected chi connectivity index (χ4v) is 2.03. The standard InChI is InChI=1S/C14H13Cl2N3O/c1-2-9-4-3-5-17-12(9)8-19-14(20)10-6-11(15)13(16)18-7-10/h3-7H,2,8H2,1H3,(H,19,20). The van der Waals surface area contributed by atoms with Gasteiger partial charge >= 0.3 is 0 Å². The van der Waals surface area contributed by atoms with Gasteiger partial charge in [0.2, 0.25) is 0 Å². The molecule has 0 aliphatic heterocycles. The van der Waals surface area contributed by atoms with Crippen LogP contribution in [-0.4, -0.2) is 15.9 Å². The van der Waals surface area contributed by atoms with E-state index in [1.165, 1.54) is 12.3 Å². The number of carbonyl (C=O) groups is 1. The molecule has 0 aliphatic rings. The van der Waals surface area contributed by atoms with E-state index in [9.17, 15) is 4.79 Å². The Morgan fingerprint density at radius 1 is 1.35 bits per heavy atom. The van der Waals surface area contributed by atoms with Crippen molar-refractivity contribution in [3.8, 4) is 0 Å². The Morgan fingerprint density at radius 3 is 2.85 bits per heavy atom. The first-order chi connectivity index (χ1) is 9.61. The molecule has 0 aromatic carbocycles. The molecule has 0 aliphatic carbocycles. The first-order valence-electron chi connectivity index (χ1n) is 6.13. The summed E-state index contributed by atoms with van der Waals surface area (Å²) in [7, 11) is 0. The molecule has 20 heavy (non-hydrogen) atoms. The van der Waals surface area contributed by atoms with Gasteiger partial charge < -0.3 is 5.32 Å². The summed E-state index contributed by atoms with van der Waals surface area (Å²) in [6.45, 7) is 2.41. The van der Waals surface area contributed by atoms with Crippen LogP contribution in [0, 0.1) is 0 Å². The number of hydrogen-bond donors (Lipinski definition) is 1. The van der Waals surface area contributed by atoms with Gasteiger partial charge in [0.25, 0.3) is 5.91 Å². The maximum absolute atomic E-state index is 12.0. The zero-order chi connectivity index (χ0) is 14.5. The lowest BCUT2D eigenvalue weighted by molar-refractivity contribution is 0.0950. The summed E-state index contributed by atoms with van der Waals surface area (Å²) in [4.78, 5) is 20.1. The first kappa shape index (κ1) is 14.8. The molecule has 2 rings (SSSR count). The van der Waals surface area contributed by atoms with Crippen molar-refractivity contribution in [2.45, 2.75) is 19.9 Å². The van der Waals surface area contributed by atoms with Gasteiger partial charge in [-0.3, -0.25) is 9.78 Å². The summed E-state index contributed by atoms with van der Waals surface area (Å²) in [5, 5.41) is 3.23.